The van der Waals surface area contributed by atoms with Gasteiger partial charge >= 0.3 is 6.18 Å². The van der Waals surface area contributed by atoms with Gasteiger partial charge in [0, 0.05) is 18.8 Å². The van der Waals surface area contributed by atoms with Crippen LogP contribution >= 0.6 is 0 Å². The molecule has 5 nitrogen and oxygen atoms in total. The summed E-state index contributed by atoms with van der Waals surface area (Å²) >= 11 is 0. The van der Waals surface area contributed by atoms with E-state index in [0.717, 1.165) is 48.3 Å². The Morgan fingerprint density at radius 1 is 0.946 bits per heavy atom. The van der Waals surface area contributed by atoms with Gasteiger partial charge in [-0.25, -0.2) is 8.42 Å². The second-order valence-electron chi connectivity index (χ2n) is 9.31. The number of anilines is 1. The van der Waals surface area contributed by atoms with E-state index in [1.165, 1.54) is 24.3 Å². The molecule has 3 aromatic carbocycles. The maximum atomic E-state index is 12.8. The number of amides is 1. The molecule has 0 bridgehead atoms. The highest BCUT2D eigenvalue weighted by atomic mass is 32.2. The van der Waals surface area contributed by atoms with Crippen molar-refractivity contribution in [2.24, 2.45) is 0 Å². The van der Waals surface area contributed by atoms with Crippen molar-refractivity contribution in [2.45, 2.75) is 43.3 Å². The number of hydrogen-bond donors (Lipinski definition) is 1. The van der Waals surface area contributed by atoms with Crippen LogP contribution in [0.15, 0.2) is 77.7 Å². The zero-order valence-corrected chi connectivity index (χ0v) is 21.3. The van der Waals surface area contributed by atoms with E-state index >= 15 is 0 Å². The zero-order chi connectivity index (χ0) is 26.6. The van der Waals surface area contributed by atoms with Crippen molar-refractivity contribution in [1.82, 2.24) is 4.90 Å². The molecule has 4 rings (SSSR count). The van der Waals surface area contributed by atoms with Crippen LogP contribution in [0.5, 0.6) is 0 Å². The van der Waals surface area contributed by atoms with E-state index in [0.29, 0.717) is 18.2 Å². The lowest BCUT2D eigenvalue weighted by Crippen LogP contribution is -2.20. The van der Waals surface area contributed by atoms with Gasteiger partial charge in [-0.05, 0) is 72.0 Å². The highest BCUT2D eigenvalue weighted by Gasteiger charge is 2.30. The highest BCUT2D eigenvalue weighted by Crippen LogP contribution is 2.31. The van der Waals surface area contributed by atoms with Crippen LogP contribution in [0.1, 0.15) is 41.5 Å². The SMILES string of the molecule is CCS(=O)(=O)c1ccc(CC(=O)Nc2ccc(C3CCN(Cc4ccc(C(F)(F)F)cc4)C3)cc2)cc1. The van der Waals surface area contributed by atoms with Crippen molar-refractivity contribution in [3.8, 4) is 0 Å². The minimum absolute atomic E-state index is 0.0286. The van der Waals surface area contributed by atoms with Crippen molar-refractivity contribution in [2.75, 3.05) is 24.2 Å². The van der Waals surface area contributed by atoms with Gasteiger partial charge in [0.2, 0.25) is 5.91 Å². The maximum absolute atomic E-state index is 12.8. The number of rotatable bonds is 8. The number of nitrogens with zero attached hydrogens (tertiary/aromatic N) is 1. The quantitative estimate of drug-likeness (QED) is 0.408. The number of carbonyl (C=O) groups excluding carboxylic acids is 1. The van der Waals surface area contributed by atoms with Gasteiger partial charge in [-0.1, -0.05) is 43.3 Å². The summed E-state index contributed by atoms with van der Waals surface area (Å²) in [6, 6.07) is 19.4. The predicted molar refractivity (Wildman–Crippen MR) is 137 cm³/mol. The fourth-order valence-electron chi connectivity index (χ4n) is 4.52. The van der Waals surface area contributed by atoms with Gasteiger partial charge in [-0.3, -0.25) is 9.69 Å². The number of benzene rings is 3. The Balaban J connectivity index is 1.28. The fourth-order valence-corrected chi connectivity index (χ4v) is 5.40. The van der Waals surface area contributed by atoms with Crippen molar-refractivity contribution in [3.63, 3.8) is 0 Å². The largest absolute Gasteiger partial charge is 0.416 e. The number of nitrogens with one attached hydrogen (secondary N) is 1. The first-order chi connectivity index (χ1) is 17.5. The Kier molecular flexibility index (Phi) is 8.04. The summed E-state index contributed by atoms with van der Waals surface area (Å²) in [5, 5.41) is 2.87. The molecule has 0 aliphatic carbocycles. The van der Waals surface area contributed by atoms with Crippen LogP contribution < -0.4 is 5.32 Å². The van der Waals surface area contributed by atoms with Gasteiger partial charge in [-0.2, -0.15) is 13.2 Å². The van der Waals surface area contributed by atoms with Crippen LogP contribution in [0, 0.1) is 0 Å². The third kappa shape index (κ3) is 6.99. The van der Waals surface area contributed by atoms with Gasteiger partial charge in [0.05, 0.1) is 22.6 Å². The third-order valence-electron chi connectivity index (χ3n) is 6.65. The molecule has 0 saturated carbocycles. The smallest absolute Gasteiger partial charge is 0.326 e. The molecule has 9 heteroatoms. The standard InChI is InChI=1S/C28H29F3N2O3S/c1-2-37(35,36)26-13-5-20(6-14-26)17-27(34)32-25-11-7-22(8-12-25)23-15-16-33(19-23)18-21-3-9-24(10-4-21)28(29,30)31/h3-14,23H,2,15-19H2,1H3,(H,32,34). The van der Waals surface area contributed by atoms with E-state index in [2.05, 4.69) is 10.2 Å². The van der Waals surface area contributed by atoms with Crippen LogP contribution in [0.2, 0.25) is 0 Å². The zero-order valence-electron chi connectivity index (χ0n) is 20.5. The molecule has 196 valence electrons. The molecule has 1 heterocycles. The Morgan fingerprint density at radius 2 is 1.57 bits per heavy atom. The first-order valence-corrected chi connectivity index (χ1v) is 13.8. The summed E-state index contributed by atoms with van der Waals surface area (Å²) in [7, 11) is -3.27. The summed E-state index contributed by atoms with van der Waals surface area (Å²) in [5.74, 6) is 0.153. The van der Waals surface area contributed by atoms with Crippen molar-refractivity contribution >= 4 is 21.4 Å². The lowest BCUT2D eigenvalue weighted by Gasteiger charge is -2.17. The molecule has 37 heavy (non-hydrogen) atoms. The Labute approximate surface area is 215 Å². The van der Waals surface area contributed by atoms with Gasteiger partial charge in [0.1, 0.15) is 0 Å². The van der Waals surface area contributed by atoms with Crippen molar-refractivity contribution in [3.05, 3.63) is 95.1 Å². The fraction of sp³-hybridized carbons (Fsp3) is 0.321. The summed E-state index contributed by atoms with van der Waals surface area (Å²) in [6.07, 6.45) is -3.24. The number of carbonyl (C=O) groups is 1. The Hall–Kier alpha value is -3.17. The molecule has 0 aromatic heterocycles. The van der Waals surface area contributed by atoms with Gasteiger partial charge < -0.3 is 5.32 Å². The van der Waals surface area contributed by atoms with Gasteiger partial charge in [0.25, 0.3) is 0 Å². The molecule has 0 spiro atoms. The van der Waals surface area contributed by atoms with E-state index in [4.69, 9.17) is 0 Å². The minimum atomic E-state index is -4.33. The topological polar surface area (TPSA) is 66.5 Å². The van der Waals surface area contributed by atoms with E-state index in [1.807, 2.05) is 24.3 Å². The first-order valence-electron chi connectivity index (χ1n) is 12.1. The molecule has 1 atom stereocenters. The predicted octanol–water partition coefficient (Wildman–Crippen LogP) is 5.67. The van der Waals surface area contributed by atoms with Crippen LogP contribution in [-0.4, -0.2) is 38.1 Å². The number of alkyl halides is 3. The van der Waals surface area contributed by atoms with Gasteiger partial charge in [-0.15, -0.1) is 0 Å². The van der Waals surface area contributed by atoms with Crippen LogP contribution in [-0.2, 0) is 33.8 Å². The molecule has 3 aromatic rings. The normalized spacial score (nSPS) is 16.6. The molecule has 1 aliphatic heterocycles. The summed E-state index contributed by atoms with van der Waals surface area (Å²) in [5.41, 5.74) is 2.78. The lowest BCUT2D eigenvalue weighted by molar-refractivity contribution is -0.137. The number of halogens is 3. The van der Waals surface area contributed by atoms with Crippen molar-refractivity contribution < 1.29 is 26.4 Å². The third-order valence-corrected chi connectivity index (χ3v) is 8.40. The molecule has 1 unspecified atom stereocenters. The monoisotopic (exact) mass is 530 g/mol. The molecular weight excluding hydrogens is 501 g/mol. The maximum Gasteiger partial charge on any atom is 0.416 e. The lowest BCUT2D eigenvalue weighted by atomic mass is 9.98. The first kappa shape index (κ1) is 26.9. The van der Waals surface area contributed by atoms with Crippen LogP contribution in [0.25, 0.3) is 0 Å². The van der Waals surface area contributed by atoms with E-state index in [9.17, 15) is 26.4 Å². The molecule has 1 fully saturated rings. The Bertz CT molecular complexity index is 1320. The summed E-state index contributed by atoms with van der Waals surface area (Å²) in [4.78, 5) is 14.9. The molecule has 1 N–H and O–H groups in total. The van der Waals surface area contributed by atoms with E-state index < -0.39 is 21.6 Å². The molecular formula is C28H29F3N2O3S. The number of sulfone groups is 1. The molecule has 1 amide bonds. The minimum Gasteiger partial charge on any atom is -0.326 e. The van der Waals surface area contributed by atoms with Gasteiger partial charge in [0.15, 0.2) is 9.84 Å². The molecule has 1 aliphatic rings. The average molecular weight is 531 g/mol. The molecule has 1 saturated heterocycles. The number of hydrogen-bond acceptors (Lipinski definition) is 4. The highest BCUT2D eigenvalue weighted by molar-refractivity contribution is 7.91. The number of likely N-dealkylation sites (tertiary alicyclic amines) is 1. The van der Waals surface area contributed by atoms with E-state index in [-0.39, 0.29) is 23.0 Å². The van der Waals surface area contributed by atoms with Crippen LogP contribution in [0.4, 0.5) is 18.9 Å². The summed E-state index contributed by atoms with van der Waals surface area (Å²) < 4.78 is 62.2. The van der Waals surface area contributed by atoms with Crippen LogP contribution in [0.3, 0.4) is 0 Å². The van der Waals surface area contributed by atoms with E-state index in [1.54, 1.807) is 19.1 Å². The summed E-state index contributed by atoms with van der Waals surface area (Å²) in [6.45, 7) is 3.88. The average Bonchev–Trinajstić information content (AvgIpc) is 3.33. The second kappa shape index (κ2) is 11.1. The van der Waals surface area contributed by atoms with Crippen molar-refractivity contribution in [1.29, 1.82) is 0 Å². The molecule has 0 radical (unpaired) electrons. The second-order valence-corrected chi connectivity index (χ2v) is 11.6. The Morgan fingerprint density at radius 3 is 2.16 bits per heavy atom.